The Balaban J connectivity index is 1.61. The summed E-state index contributed by atoms with van der Waals surface area (Å²) in [4.78, 5) is 0. The van der Waals surface area contributed by atoms with E-state index >= 15 is 0 Å². The van der Waals surface area contributed by atoms with E-state index in [2.05, 4.69) is 5.32 Å². The van der Waals surface area contributed by atoms with E-state index in [9.17, 15) is 5.11 Å². The van der Waals surface area contributed by atoms with E-state index in [4.69, 9.17) is 0 Å². The number of hydrogen-bond acceptors (Lipinski definition) is 2. The summed E-state index contributed by atoms with van der Waals surface area (Å²) in [6.45, 7) is 1.14. The highest BCUT2D eigenvalue weighted by molar-refractivity contribution is 4.87. The van der Waals surface area contributed by atoms with E-state index < -0.39 is 0 Å². The quantitative estimate of drug-likeness (QED) is 0.667. The van der Waals surface area contributed by atoms with Crippen LogP contribution in [0.3, 0.4) is 0 Å². The van der Waals surface area contributed by atoms with Crippen LogP contribution in [0.5, 0.6) is 0 Å². The molecule has 2 nitrogen and oxygen atoms in total. The number of aliphatic hydroxyl groups excluding tert-OH is 1. The highest BCUT2D eigenvalue weighted by Crippen LogP contribution is 2.25. The van der Waals surface area contributed by atoms with E-state index in [-0.39, 0.29) is 6.10 Å². The zero-order valence-corrected chi connectivity index (χ0v) is 7.63. The second-order valence-corrected chi connectivity index (χ2v) is 4.31. The van der Waals surface area contributed by atoms with Crippen LogP contribution in [0.15, 0.2) is 0 Å². The van der Waals surface area contributed by atoms with Gasteiger partial charge in [0.05, 0.1) is 6.10 Å². The molecule has 12 heavy (non-hydrogen) atoms. The molecule has 0 aliphatic heterocycles. The second kappa shape index (κ2) is 3.75. The largest absolute Gasteiger partial charge is 0.392 e. The number of rotatable bonds is 3. The molecule has 70 valence electrons. The monoisotopic (exact) mass is 169 g/mol. The summed E-state index contributed by atoms with van der Waals surface area (Å²) in [6, 6.07) is 0.422. The van der Waals surface area contributed by atoms with Crippen molar-refractivity contribution in [1.82, 2.24) is 5.32 Å². The van der Waals surface area contributed by atoms with Crippen LogP contribution < -0.4 is 5.32 Å². The van der Waals surface area contributed by atoms with Crippen molar-refractivity contribution in [3.63, 3.8) is 0 Å². The van der Waals surface area contributed by atoms with Crippen molar-refractivity contribution in [2.45, 2.75) is 50.7 Å². The Labute approximate surface area is 74.4 Å². The van der Waals surface area contributed by atoms with Crippen LogP contribution in [-0.2, 0) is 0 Å². The average Bonchev–Trinajstić information content (AvgIpc) is 2.54. The van der Waals surface area contributed by atoms with Crippen LogP contribution >= 0.6 is 0 Å². The van der Waals surface area contributed by atoms with E-state index in [1.807, 2.05) is 0 Å². The van der Waals surface area contributed by atoms with Gasteiger partial charge in [-0.1, -0.05) is 12.8 Å². The van der Waals surface area contributed by atoms with E-state index in [0.717, 1.165) is 18.9 Å². The number of aliphatic hydroxyl groups is 1. The Morgan fingerprint density at radius 2 is 1.83 bits per heavy atom. The molecule has 2 aliphatic rings. The summed E-state index contributed by atoms with van der Waals surface area (Å²) in [5.41, 5.74) is 0. The lowest BCUT2D eigenvalue weighted by atomic mass is 9.89. The molecule has 0 radical (unpaired) electrons. The fourth-order valence-electron chi connectivity index (χ4n) is 2.25. The zero-order valence-electron chi connectivity index (χ0n) is 7.63. The first-order chi connectivity index (χ1) is 5.86. The van der Waals surface area contributed by atoms with Crippen molar-refractivity contribution in [2.24, 2.45) is 5.92 Å². The molecule has 0 amide bonds. The lowest BCUT2D eigenvalue weighted by Crippen LogP contribution is -2.49. The molecule has 2 aliphatic carbocycles. The third-order valence-electron chi connectivity index (χ3n) is 3.38. The highest BCUT2D eigenvalue weighted by Gasteiger charge is 2.28. The zero-order chi connectivity index (χ0) is 8.39. The van der Waals surface area contributed by atoms with Gasteiger partial charge in [0.25, 0.3) is 0 Å². The van der Waals surface area contributed by atoms with E-state index in [1.54, 1.807) is 0 Å². The third kappa shape index (κ3) is 1.80. The lowest BCUT2D eigenvalue weighted by molar-refractivity contribution is 0.0482. The van der Waals surface area contributed by atoms with Crippen LogP contribution in [0.4, 0.5) is 0 Å². The summed E-state index contributed by atoms with van der Waals surface area (Å²) in [5, 5.41) is 12.8. The molecule has 0 aromatic carbocycles. The topological polar surface area (TPSA) is 32.3 Å². The van der Waals surface area contributed by atoms with Gasteiger partial charge < -0.3 is 10.4 Å². The average molecular weight is 169 g/mol. The lowest BCUT2D eigenvalue weighted by Gasteiger charge is -2.34. The summed E-state index contributed by atoms with van der Waals surface area (Å²) >= 11 is 0. The van der Waals surface area contributed by atoms with Crippen LogP contribution in [0.25, 0.3) is 0 Å². The van der Waals surface area contributed by atoms with Crippen molar-refractivity contribution in [3.05, 3.63) is 0 Å². The predicted molar refractivity (Wildman–Crippen MR) is 49.0 cm³/mol. The van der Waals surface area contributed by atoms with Gasteiger partial charge in [0.1, 0.15) is 0 Å². The maximum absolute atomic E-state index is 9.32. The Bertz CT molecular complexity index is 141. The molecular weight excluding hydrogens is 150 g/mol. The molecule has 2 rings (SSSR count). The summed E-state index contributed by atoms with van der Waals surface area (Å²) in [5.74, 6) is 0.901. The standard InChI is InChI=1S/C10H19NO/c12-10-6-5-9(10)11-7-8-3-1-2-4-8/h8-12H,1-7H2. The van der Waals surface area contributed by atoms with Crippen LogP contribution in [-0.4, -0.2) is 23.8 Å². The Morgan fingerprint density at radius 1 is 1.08 bits per heavy atom. The van der Waals surface area contributed by atoms with Crippen molar-refractivity contribution in [2.75, 3.05) is 6.54 Å². The first-order valence-electron chi connectivity index (χ1n) is 5.28. The minimum atomic E-state index is -0.0496. The second-order valence-electron chi connectivity index (χ2n) is 4.31. The summed E-state index contributed by atoms with van der Waals surface area (Å²) in [6.07, 6.45) is 7.76. The molecule has 2 fully saturated rings. The molecule has 2 saturated carbocycles. The fourth-order valence-corrected chi connectivity index (χ4v) is 2.25. The molecule has 0 spiro atoms. The molecule has 2 atom stereocenters. The van der Waals surface area contributed by atoms with Gasteiger partial charge in [-0.05, 0) is 38.1 Å². The normalized spacial score (nSPS) is 36.8. The maximum Gasteiger partial charge on any atom is 0.0693 e. The number of nitrogens with one attached hydrogen (secondary N) is 1. The molecule has 0 bridgehead atoms. The first kappa shape index (κ1) is 8.52. The molecule has 2 heteroatoms. The third-order valence-corrected chi connectivity index (χ3v) is 3.38. The summed E-state index contributed by atoms with van der Waals surface area (Å²) in [7, 11) is 0. The predicted octanol–water partition coefficient (Wildman–Crippen LogP) is 1.29. The number of hydrogen-bond donors (Lipinski definition) is 2. The Morgan fingerprint density at radius 3 is 2.33 bits per heavy atom. The van der Waals surface area contributed by atoms with Crippen molar-refractivity contribution >= 4 is 0 Å². The fraction of sp³-hybridized carbons (Fsp3) is 1.00. The van der Waals surface area contributed by atoms with Gasteiger partial charge in [-0.25, -0.2) is 0 Å². The van der Waals surface area contributed by atoms with Gasteiger partial charge >= 0.3 is 0 Å². The van der Waals surface area contributed by atoms with Crippen molar-refractivity contribution < 1.29 is 5.11 Å². The van der Waals surface area contributed by atoms with E-state index in [0.29, 0.717) is 6.04 Å². The van der Waals surface area contributed by atoms with Crippen LogP contribution in [0.2, 0.25) is 0 Å². The van der Waals surface area contributed by atoms with Gasteiger partial charge in [0.2, 0.25) is 0 Å². The Kier molecular flexibility index (Phi) is 2.66. The molecular formula is C10H19NO. The van der Waals surface area contributed by atoms with Crippen molar-refractivity contribution in [3.8, 4) is 0 Å². The van der Waals surface area contributed by atoms with Crippen LogP contribution in [0.1, 0.15) is 38.5 Å². The van der Waals surface area contributed by atoms with Gasteiger partial charge in [0.15, 0.2) is 0 Å². The first-order valence-corrected chi connectivity index (χ1v) is 5.28. The molecule has 0 heterocycles. The van der Waals surface area contributed by atoms with Gasteiger partial charge in [0, 0.05) is 6.04 Å². The SMILES string of the molecule is OC1CCC1NCC1CCCC1. The van der Waals surface area contributed by atoms with Gasteiger partial charge in [-0.15, -0.1) is 0 Å². The smallest absolute Gasteiger partial charge is 0.0693 e. The minimum absolute atomic E-state index is 0.0496. The van der Waals surface area contributed by atoms with Gasteiger partial charge in [-0.3, -0.25) is 0 Å². The molecule has 2 unspecified atom stereocenters. The van der Waals surface area contributed by atoms with E-state index in [1.165, 1.54) is 32.1 Å². The van der Waals surface area contributed by atoms with Crippen LogP contribution in [0, 0.1) is 5.92 Å². The van der Waals surface area contributed by atoms with Crippen molar-refractivity contribution in [1.29, 1.82) is 0 Å². The highest BCUT2D eigenvalue weighted by atomic mass is 16.3. The maximum atomic E-state index is 9.32. The summed E-state index contributed by atoms with van der Waals surface area (Å²) < 4.78 is 0. The molecule has 2 N–H and O–H groups in total. The molecule has 0 aromatic heterocycles. The van der Waals surface area contributed by atoms with Gasteiger partial charge in [-0.2, -0.15) is 0 Å². The molecule has 0 saturated heterocycles. The molecule has 0 aromatic rings. The Hall–Kier alpha value is -0.0800. The minimum Gasteiger partial charge on any atom is -0.392 e.